The zero-order valence-corrected chi connectivity index (χ0v) is 12.8. The first-order valence-electron chi connectivity index (χ1n) is 7.32. The van der Waals surface area contributed by atoms with Crippen molar-refractivity contribution in [2.45, 2.75) is 39.7 Å². The van der Waals surface area contributed by atoms with Crippen LogP contribution in [-0.2, 0) is 6.42 Å². The monoisotopic (exact) mass is 283 g/mol. The summed E-state index contributed by atoms with van der Waals surface area (Å²) in [6, 6.07) is 9.35. The molecule has 4 heteroatoms. The van der Waals surface area contributed by atoms with Gasteiger partial charge in [0.25, 0.3) is 5.56 Å². The molecule has 1 heterocycles. The summed E-state index contributed by atoms with van der Waals surface area (Å²) in [7, 11) is 0. The second kappa shape index (κ2) is 4.81. The number of nitrogens with zero attached hydrogens (tertiary/aromatic N) is 2. The first-order chi connectivity index (χ1) is 9.87. The Balaban J connectivity index is 2.17. The fourth-order valence-corrected chi connectivity index (χ4v) is 3.21. The molecule has 3 rings (SSSR count). The third-order valence-corrected chi connectivity index (χ3v) is 4.18. The average molecular weight is 283 g/mol. The molecule has 2 aromatic rings. The van der Waals surface area contributed by atoms with Crippen molar-refractivity contribution in [1.29, 1.82) is 0 Å². The zero-order chi connectivity index (χ0) is 15.2. The van der Waals surface area contributed by atoms with Crippen LogP contribution in [0.3, 0.4) is 0 Å². The molecule has 1 unspecified atom stereocenters. The van der Waals surface area contributed by atoms with Crippen LogP contribution in [-0.4, -0.2) is 9.78 Å². The minimum atomic E-state index is -0.111. The van der Waals surface area contributed by atoms with Crippen LogP contribution in [0.25, 0.3) is 5.69 Å². The van der Waals surface area contributed by atoms with E-state index in [2.05, 4.69) is 18.9 Å². The van der Waals surface area contributed by atoms with Gasteiger partial charge < -0.3 is 5.73 Å². The van der Waals surface area contributed by atoms with Crippen LogP contribution in [0.15, 0.2) is 35.1 Å². The second-order valence-corrected chi connectivity index (χ2v) is 6.74. The molecule has 1 aliphatic carbocycles. The van der Waals surface area contributed by atoms with Gasteiger partial charge in [0.15, 0.2) is 0 Å². The highest BCUT2D eigenvalue weighted by Crippen LogP contribution is 2.38. The molecule has 0 spiro atoms. The van der Waals surface area contributed by atoms with E-state index in [1.54, 1.807) is 6.07 Å². The minimum Gasteiger partial charge on any atom is -0.323 e. The summed E-state index contributed by atoms with van der Waals surface area (Å²) >= 11 is 0. The van der Waals surface area contributed by atoms with E-state index in [-0.39, 0.29) is 17.0 Å². The largest absolute Gasteiger partial charge is 0.323 e. The summed E-state index contributed by atoms with van der Waals surface area (Å²) in [5, 5.41) is 4.57. The van der Waals surface area contributed by atoms with Crippen molar-refractivity contribution in [2.75, 3.05) is 0 Å². The Kier molecular flexibility index (Phi) is 3.21. The van der Waals surface area contributed by atoms with Gasteiger partial charge in [0.05, 0.1) is 11.4 Å². The fraction of sp³-hybridized carbons (Fsp3) is 0.412. The summed E-state index contributed by atoms with van der Waals surface area (Å²) in [6.07, 6.45) is 1.74. The quantitative estimate of drug-likeness (QED) is 0.874. The van der Waals surface area contributed by atoms with Crippen molar-refractivity contribution in [3.8, 4) is 5.69 Å². The summed E-state index contributed by atoms with van der Waals surface area (Å²) in [6.45, 7) is 6.34. The molecule has 1 atom stereocenters. The van der Waals surface area contributed by atoms with Gasteiger partial charge in [-0.25, -0.2) is 0 Å². The highest BCUT2D eigenvalue weighted by molar-refractivity contribution is 5.40. The van der Waals surface area contributed by atoms with Gasteiger partial charge in [-0.1, -0.05) is 32.0 Å². The first-order valence-corrected chi connectivity index (χ1v) is 7.32. The van der Waals surface area contributed by atoms with Crippen molar-refractivity contribution < 1.29 is 0 Å². The van der Waals surface area contributed by atoms with E-state index < -0.39 is 0 Å². The van der Waals surface area contributed by atoms with Gasteiger partial charge in [0.1, 0.15) is 0 Å². The number of benzene rings is 1. The van der Waals surface area contributed by atoms with Gasteiger partial charge >= 0.3 is 0 Å². The van der Waals surface area contributed by atoms with E-state index in [1.807, 2.05) is 31.2 Å². The smallest absolute Gasteiger partial charge is 0.271 e. The summed E-state index contributed by atoms with van der Waals surface area (Å²) in [4.78, 5) is 12.4. The molecule has 1 aromatic heterocycles. The lowest BCUT2D eigenvalue weighted by molar-refractivity contribution is 0.276. The zero-order valence-electron chi connectivity index (χ0n) is 12.8. The molecule has 21 heavy (non-hydrogen) atoms. The van der Waals surface area contributed by atoms with E-state index >= 15 is 0 Å². The van der Waals surface area contributed by atoms with Crippen LogP contribution < -0.4 is 11.3 Å². The van der Waals surface area contributed by atoms with Gasteiger partial charge in [0, 0.05) is 12.1 Å². The molecule has 110 valence electrons. The number of fused-ring (bicyclic) bond motifs is 1. The van der Waals surface area contributed by atoms with Gasteiger partial charge in [-0.3, -0.25) is 4.79 Å². The topological polar surface area (TPSA) is 60.9 Å². The third kappa shape index (κ3) is 2.51. The molecular weight excluding hydrogens is 262 g/mol. The first kappa shape index (κ1) is 14.0. The number of aryl methyl sites for hydroxylation is 1. The Morgan fingerprint density at radius 2 is 2.05 bits per heavy atom. The maximum atomic E-state index is 12.4. The van der Waals surface area contributed by atoms with Gasteiger partial charge in [-0.15, -0.1) is 0 Å². The van der Waals surface area contributed by atoms with Crippen molar-refractivity contribution >= 4 is 0 Å². The number of nitrogens with two attached hydrogens (primary N) is 1. The SMILES string of the molecule is Cc1ccccc1-n1nc2c(cc1=O)CC(C)(C)CC2N. The molecule has 4 nitrogen and oxygen atoms in total. The molecule has 1 aromatic carbocycles. The standard InChI is InChI=1S/C17H21N3O/c1-11-6-4-5-7-14(11)20-15(21)8-12-9-17(2,3)10-13(18)16(12)19-20/h4-8,13H,9-10,18H2,1-3H3. The van der Waals surface area contributed by atoms with Crippen molar-refractivity contribution in [2.24, 2.45) is 11.1 Å². The molecule has 0 saturated heterocycles. The van der Waals surface area contributed by atoms with Crippen molar-refractivity contribution in [1.82, 2.24) is 9.78 Å². The Hall–Kier alpha value is -1.94. The molecule has 0 bridgehead atoms. The normalized spacial score (nSPS) is 20.1. The minimum absolute atomic E-state index is 0.0899. The Bertz CT molecular complexity index is 746. The number of hydrogen-bond donors (Lipinski definition) is 1. The molecule has 0 fully saturated rings. The van der Waals surface area contributed by atoms with E-state index in [4.69, 9.17) is 5.73 Å². The maximum absolute atomic E-state index is 12.4. The number of hydrogen-bond acceptors (Lipinski definition) is 3. The van der Waals surface area contributed by atoms with E-state index in [1.165, 1.54) is 4.68 Å². The van der Waals surface area contributed by atoms with Crippen LogP contribution in [0.1, 0.15) is 43.1 Å². The van der Waals surface area contributed by atoms with Gasteiger partial charge in [-0.05, 0) is 42.4 Å². The van der Waals surface area contributed by atoms with Crippen LogP contribution >= 0.6 is 0 Å². The number of rotatable bonds is 1. The van der Waals surface area contributed by atoms with Crippen LogP contribution in [0, 0.1) is 12.3 Å². The lowest BCUT2D eigenvalue weighted by Crippen LogP contribution is -2.35. The Labute approximate surface area is 124 Å². The molecule has 1 aliphatic rings. The Morgan fingerprint density at radius 3 is 2.76 bits per heavy atom. The molecule has 0 amide bonds. The molecule has 2 N–H and O–H groups in total. The molecular formula is C17H21N3O. The lowest BCUT2D eigenvalue weighted by atomic mass is 9.74. The summed E-state index contributed by atoms with van der Waals surface area (Å²) in [5.74, 6) is 0. The fourth-order valence-electron chi connectivity index (χ4n) is 3.21. The Morgan fingerprint density at radius 1 is 1.33 bits per heavy atom. The van der Waals surface area contributed by atoms with Crippen molar-refractivity contribution in [3.05, 3.63) is 57.5 Å². The predicted octanol–water partition coefficient (Wildman–Crippen LogP) is 2.51. The van der Waals surface area contributed by atoms with Crippen LogP contribution in [0.2, 0.25) is 0 Å². The van der Waals surface area contributed by atoms with Gasteiger partial charge in [0.2, 0.25) is 0 Å². The summed E-state index contributed by atoms with van der Waals surface area (Å²) in [5.41, 5.74) is 10.0. The van der Waals surface area contributed by atoms with Crippen LogP contribution in [0.4, 0.5) is 0 Å². The predicted molar refractivity (Wildman–Crippen MR) is 83.6 cm³/mol. The lowest BCUT2D eigenvalue weighted by Gasteiger charge is -2.34. The molecule has 0 radical (unpaired) electrons. The average Bonchev–Trinajstić information content (AvgIpc) is 2.38. The highest BCUT2D eigenvalue weighted by atomic mass is 16.1. The number of aromatic nitrogens is 2. The summed E-state index contributed by atoms with van der Waals surface area (Å²) < 4.78 is 1.48. The second-order valence-electron chi connectivity index (χ2n) is 6.74. The third-order valence-electron chi connectivity index (χ3n) is 4.18. The van der Waals surface area contributed by atoms with E-state index in [0.29, 0.717) is 0 Å². The van der Waals surface area contributed by atoms with E-state index in [0.717, 1.165) is 35.3 Å². The highest BCUT2D eigenvalue weighted by Gasteiger charge is 2.32. The molecule has 0 saturated carbocycles. The van der Waals surface area contributed by atoms with Crippen LogP contribution in [0.5, 0.6) is 0 Å². The molecule has 0 aliphatic heterocycles. The van der Waals surface area contributed by atoms with Crippen molar-refractivity contribution in [3.63, 3.8) is 0 Å². The maximum Gasteiger partial charge on any atom is 0.271 e. The van der Waals surface area contributed by atoms with E-state index in [9.17, 15) is 4.79 Å². The number of para-hydroxylation sites is 1. The van der Waals surface area contributed by atoms with Gasteiger partial charge in [-0.2, -0.15) is 9.78 Å².